The topological polar surface area (TPSA) is 76.2 Å². The first-order valence-corrected chi connectivity index (χ1v) is 3.53. The second-order valence-corrected chi connectivity index (χ2v) is 2.52. The molecule has 0 saturated heterocycles. The van der Waals surface area contributed by atoms with E-state index in [2.05, 4.69) is 4.98 Å². The highest BCUT2D eigenvalue weighted by atomic mass is 16.4. The number of carboxylic acids is 1. The van der Waals surface area contributed by atoms with E-state index in [1.165, 1.54) is 6.20 Å². The van der Waals surface area contributed by atoms with Crippen molar-refractivity contribution in [1.82, 2.24) is 4.98 Å². The lowest BCUT2D eigenvalue weighted by Gasteiger charge is -2.07. The van der Waals surface area contributed by atoms with Crippen LogP contribution in [-0.2, 0) is 4.79 Å². The van der Waals surface area contributed by atoms with Crippen LogP contribution in [0.25, 0.3) is 0 Å². The van der Waals surface area contributed by atoms with Gasteiger partial charge in [0.25, 0.3) is 0 Å². The van der Waals surface area contributed by atoms with Crippen LogP contribution in [0.15, 0.2) is 18.3 Å². The minimum absolute atomic E-state index is 0.421. The highest BCUT2D eigenvalue weighted by Gasteiger charge is 2.16. The van der Waals surface area contributed by atoms with Gasteiger partial charge in [0.1, 0.15) is 6.04 Å². The summed E-state index contributed by atoms with van der Waals surface area (Å²) in [6.07, 6.45) is 1.53. The minimum atomic E-state index is -1.06. The number of rotatable bonds is 2. The minimum Gasteiger partial charge on any atom is -0.480 e. The molecule has 0 aromatic carbocycles. The number of nitrogens with zero attached hydrogens (tertiary/aromatic N) is 1. The maximum absolute atomic E-state index is 10.5. The van der Waals surface area contributed by atoms with E-state index >= 15 is 0 Å². The predicted octanol–water partition coefficient (Wildman–Crippen LogP) is 0.474. The van der Waals surface area contributed by atoms with Crippen LogP contribution in [0.4, 0.5) is 0 Å². The van der Waals surface area contributed by atoms with Crippen molar-refractivity contribution in [2.24, 2.45) is 5.73 Å². The second-order valence-electron chi connectivity index (χ2n) is 2.52. The molecule has 1 atom stereocenters. The molecule has 0 spiro atoms. The summed E-state index contributed by atoms with van der Waals surface area (Å²) in [7, 11) is 0. The molecule has 0 aliphatic heterocycles. The third-order valence-corrected chi connectivity index (χ3v) is 1.61. The average Bonchev–Trinajstić information content (AvgIpc) is 2.04. The molecule has 0 saturated carbocycles. The monoisotopic (exact) mass is 166 g/mol. The van der Waals surface area contributed by atoms with Gasteiger partial charge in [0.2, 0.25) is 0 Å². The standard InChI is InChI=1S/C8H10N2O2/c1-5-3-2-4-10-7(5)6(9)8(11)12/h2-4,6H,9H2,1H3,(H,11,12)/t6-/m0/s1. The lowest BCUT2D eigenvalue weighted by atomic mass is 10.1. The Balaban J connectivity index is 3.02. The van der Waals surface area contributed by atoms with Crippen LogP contribution in [0.5, 0.6) is 0 Å². The molecule has 0 aliphatic rings. The van der Waals surface area contributed by atoms with Crippen LogP contribution in [0.2, 0.25) is 0 Å². The first-order chi connectivity index (χ1) is 5.63. The van der Waals surface area contributed by atoms with E-state index in [1.807, 2.05) is 0 Å². The fraction of sp³-hybridized carbons (Fsp3) is 0.250. The van der Waals surface area contributed by atoms with Crippen molar-refractivity contribution in [3.63, 3.8) is 0 Å². The van der Waals surface area contributed by atoms with Gasteiger partial charge in [-0.05, 0) is 18.6 Å². The van der Waals surface area contributed by atoms with E-state index < -0.39 is 12.0 Å². The molecule has 1 aromatic heterocycles. The van der Waals surface area contributed by atoms with Crippen LogP contribution in [-0.4, -0.2) is 16.1 Å². The van der Waals surface area contributed by atoms with E-state index in [-0.39, 0.29) is 0 Å². The van der Waals surface area contributed by atoms with Crippen LogP contribution in [0.1, 0.15) is 17.3 Å². The van der Waals surface area contributed by atoms with Gasteiger partial charge in [-0.1, -0.05) is 6.07 Å². The third-order valence-electron chi connectivity index (χ3n) is 1.61. The maximum atomic E-state index is 10.5. The van der Waals surface area contributed by atoms with Crippen molar-refractivity contribution in [2.75, 3.05) is 0 Å². The van der Waals surface area contributed by atoms with Gasteiger partial charge in [-0.15, -0.1) is 0 Å². The molecule has 4 heteroatoms. The van der Waals surface area contributed by atoms with E-state index in [0.29, 0.717) is 5.69 Å². The lowest BCUT2D eigenvalue weighted by molar-refractivity contribution is -0.138. The van der Waals surface area contributed by atoms with Gasteiger partial charge in [-0.2, -0.15) is 0 Å². The van der Waals surface area contributed by atoms with Gasteiger partial charge < -0.3 is 10.8 Å². The Bertz CT molecular complexity index is 299. The molecule has 4 nitrogen and oxygen atoms in total. The van der Waals surface area contributed by atoms with Crippen molar-refractivity contribution in [1.29, 1.82) is 0 Å². The van der Waals surface area contributed by atoms with Gasteiger partial charge in [0.05, 0.1) is 5.69 Å². The smallest absolute Gasteiger partial charge is 0.326 e. The van der Waals surface area contributed by atoms with Crippen molar-refractivity contribution < 1.29 is 9.90 Å². The number of carboxylic acid groups (broad SMARTS) is 1. The van der Waals surface area contributed by atoms with Crippen molar-refractivity contribution in [3.8, 4) is 0 Å². The van der Waals surface area contributed by atoms with Crippen LogP contribution < -0.4 is 5.73 Å². The van der Waals surface area contributed by atoms with Gasteiger partial charge in [0.15, 0.2) is 0 Å². The number of hydrogen-bond donors (Lipinski definition) is 2. The molecule has 0 fully saturated rings. The molecule has 1 rings (SSSR count). The molecule has 12 heavy (non-hydrogen) atoms. The largest absolute Gasteiger partial charge is 0.480 e. The van der Waals surface area contributed by atoms with Crippen LogP contribution >= 0.6 is 0 Å². The van der Waals surface area contributed by atoms with Gasteiger partial charge in [0, 0.05) is 6.20 Å². The first-order valence-electron chi connectivity index (χ1n) is 3.53. The zero-order valence-electron chi connectivity index (χ0n) is 6.69. The van der Waals surface area contributed by atoms with E-state index in [4.69, 9.17) is 10.8 Å². The number of aryl methyl sites for hydroxylation is 1. The fourth-order valence-corrected chi connectivity index (χ4v) is 0.940. The molecular weight excluding hydrogens is 156 g/mol. The molecule has 0 aliphatic carbocycles. The molecule has 0 radical (unpaired) electrons. The molecule has 0 bridgehead atoms. The Kier molecular flexibility index (Phi) is 2.40. The average molecular weight is 166 g/mol. The van der Waals surface area contributed by atoms with Crippen LogP contribution in [0.3, 0.4) is 0 Å². The number of hydrogen-bond acceptors (Lipinski definition) is 3. The number of nitrogens with two attached hydrogens (primary N) is 1. The second kappa shape index (κ2) is 3.32. The summed E-state index contributed by atoms with van der Waals surface area (Å²) in [5.41, 5.74) is 6.60. The molecule has 0 amide bonds. The summed E-state index contributed by atoms with van der Waals surface area (Å²) in [5.74, 6) is -1.06. The SMILES string of the molecule is Cc1cccnc1[C@H](N)C(=O)O. The number of aromatic nitrogens is 1. The summed E-state index contributed by atoms with van der Waals surface area (Å²) in [5, 5.41) is 8.59. The van der Waals surface area contributed by atoms with Gasteiger partial charge in [-0.25, -0.2) is 0 Å². The highest BCUT2D eigenvalue weighted by Crippen LogP contribution is 2.11. The quantitative estimate of drug-likeness (QED) is 0.669. The van der Waals surface area contributed by atoms with Crippen molar-refractivity contribution in [2.45, 2.75) is 13.0 Å². The van der Waals surface area contributed by atoms with Crippen molar-refractivity contribution >= 4 is 5.97 Å². The van der Waals surface area contributed by atoms with E-state index in [0.717, 1.165) is 5.56 Å². The van der Waals surface area contributed by atoms with Gasteiger partial charge >= 0.3 is 5.97 Å². The lowest BCUT2D eigenvalue weighted by Crippen LogP contribution is -2.22. The van der Waals surface area contributed by atoms with Crippen LogP contribution in [0, 0.1) is 6.92 Å². The summed E-state index contributed by atoms with van der Waals surface area (Å²) >= 11 is 0. The van der Waals surface area contributed by atoms with Gasteiger partial charge in [-0.3, -0.25) is 9.78 Å². The molecule has 64 valence electrons. The summed E-state index contributed by atoms with van der Waals surface area (Å²) < 4.78 is 0. The highest BCUT2D eigenvalue weighted by molar-refractivity contribution is 5.74. The first kappa shape index (κ1) is 8.67. The maximum Gasteiger partial charge on any atom is 0.326 e. The Hall–Kier alpha value is -1.42. The van der Waals surface area contributed by atoms with E-state index in [1.54, 1.807) is 19.1 Å². The Morgan fingerprint density at radius 3 is 2.92 bits per heavy atom. The summed E-state index contributed by atoms with van der Waals surface area (Å²) in [6.45, 7) is 1.78. The molecule has 0 unspecified atom stereocenters. The Morgan fingerprint density at radius 2 is 2.42 bits per heavy atom. The molecule has 1 heterocycles. The third kappa shape index (κ3) is 1.60. The zero-order valence-corrected chi connectivity index (χ0v) is 6.69. The normalized spacial score (nSPS) is 12.5. The summed E-state index contributed by atoms with van der Waals surface area (Å²) in [6, 6.07) is 2.50. The van der Waals surface area contributed by atoms with Crippen molar-refractivity contribution in [3.05, 3.63) is 29.6 Å². The Morgan fingerprint density at radius 1 is 1.75 bits per heavy atom. The number of aliphatic carboxylic acids is 1. The summed E-state index contributed by atoms with van der Waals surface area (Å²) in [4.78, 5) is 14.4. The number of pyridine rings is 1. The molecule has 3 N–H and O–H groups in total. The van der Waals surface area contributed by atoms with E-state index in [9.17, 15) is 4.79 Å². The molecule has 1 aromatic rings. The Labute approximate surface area is 70.0 Å². The predicted molar refractivity (Wildman–Crippen MR) is 43.5 cm³/mol. The fourth-order valence-electron chi connectivity index (χ4n) is 0.940. The zero-order chi connectivity index (χ0) is 9.14. The number of carbonyl (C=O) groups is 1. The molecular formula is C8H10N2O2.